The molecule has 0 spiro atoms. The lowest BCUT2D eigenvalue weighted by Crippen LogP contribution is -2.77. The number of benzene rings is 11. The number of nitrogens with zero attached hydrogens (tertiary/aromatic N) is 3. The second kappa shape index (κ2) is 15.2. The van der Waals surface area contributed by atoms with Crippen LogP contribution in [0, 0.1) is 0 Å². The van der Waals surface area contributed by atoms with Crippen LogP contribution in [0.4, 0.5) is 17.2 Å². The summed E-state index contributed by atoms with van der Waals surface area (Å²) in [6.45, 7) is 0. The van der Waals surface area contributed by atoms with Gasteiger partial charge in [0.25, 0.3) is 0 Å². The van der Waals surface area contributed by atoms with Gasteiger partial charge in [-0.3, -0.25) is 4.90 Å². The highest BCUT2D eigenvalue weighted by Crippen LogP contribution is 2.43. The van der Waals surface area contributed by atoms with Crippen molar-refractivity contribution in [2.24, 2.45) is 0 Å². The third-order valence-corrected chi connectivity index (χ3v) is 21.0. The molecule has 0 atom stereocenters. The first-order chi connectivity index (χ1) is 34.7. The fraction of sp³-hybridized carbons (Fsp3) is 0. The number of hydrogen-bond acceptors (Lipinski definition) is 3. The summed E-state index contributed by atoms with van der Waals surface area (Å²) in [6, 6.07) is 92.8. The first-order valence-corrected chi connectivity index (χ1v) is 26.8. The van der Waals surface area contributed by atoms with Crippen LogP contribution in [0.3, 0.4) is 0 Å². The Balaban J connectivity index is 0.935. The van der Waals surface area contributed by atoms with Crippen molar-refractivity contribution in [3.8, 4) is 16.8 Å². The highest BCUT2D eigenvalue weighted by molar-refractivity contribution is 7.26. The fourth-order valence-electron chi connectivity index (χ4n) is 11.9. The van der Waals surface area contributed by atoms with Crippen LogP contribution in [0.1, 0.15) is 0 Å². The van der Waals surface area contributed by atoms with E-state index in [1.165, 1.54) is 107 Å². The van der Waals surface area contributed by atoms with Crippen LogP contribution in [0.25, 0.3) is 91.2 Å². The molecule has 3 nitrogen and oxygen atoms in total. The Kier molecular flexibility index (Phi) is 8.55. The lowest BCUT2D eigenvalue weighted by molar-refractivity contribution is 1.19. The second-order valence-electron chi connectivity index (χ2n) is 18.7. The first kappa shape index (κ1) is 39.4. The standard InChI is InChI=1S/C65H41N3SSi/c1-3-16-49(17-4-1)70(50-18-5-2-6-19-50)62-26-14-12-24-59(62)68(64-36-31-42-15-7-10-22-56(42)66-64)60-35-30-45(41-63(60)70)44-29-34-58-55(39-44)51-20-8-11-23-57(51)67(58)48-32-27-43-37-46-28-33-53-52-21-9-13-25-61(52)69-65(53)54(46)40-47(43)38-48/h1-41H. The molecule has 0 amide bonds. The van der Waals surface area contributed by atoms with Gasteiger partial charge < -0.3 is 4.57 Å². The molecule has 0 aliphatic carbocycles. The summed E-state index contributed by atoms with van der Waals surface area (Å²) in [5, 5.41) is 16.7. The number of hydrogen-bond donors (Lipinski definition) is 0. The Morgan fingerprint density at radius 1 is 0.371 bits per heavy atom. The van der Waals surface area contributed by atoms with E-state index in [0.717, 1.165) is 22.4 Å². The van der Waals surface area contributed by atoms with Gasteiger partial charge in [0, 0.05) is 58.8 Å². The molecule has 0 unspecified atom stereocenters. The fourth-order valence-corrected chi connectivity index (χ4v) is 18.2. The van der Waals surface area contributed by atoms with E-state index < -0.39 is 8.07 Å². The maximum atomic E-state index is 5.35. The molecule has 15 rings (SSSR count). The van der Waals surface area contributed by atoms with Gasteiger partial charge in [0.15, 0.2) is 8.07 Å². The summed E-state index contributed by atoms with van der Waals surface area (Å²) < 4.78 is 5.14. The first-order valence-electron chi connectivity index (χ1n) is 24.0. The van der Waals surface area contributed by atoms with Crippen LogP contribution in [0.2, 0.25) is 0 Å². The molecule has 14 aromatic rings. The predicted molar refractivity (Wildman–Crippen MR) is 301 cm³/mol. The molecule has 0 saturated carbocycles. The number of anilines is 3. The van der Waals surface area contributed by atoms with E-state index in [0.29, 0.717) is 0 Å². The molecule has 0 saturated heterocycles. The Bertz CT molecular complexity index is 4400. The summed E-state index contributed by atoms with van der Waals surface area (Å²) in [7, 11) is -2.94. The largest absolute Gasteiger partial charge is 0.309 e. The van der Waals surface area contributed by atoms with E-state index in [-0.39, 0.29) is 0 Å². The lowest BCUT2D eigenvalue weighted by Gasteiger charge is -2.44. The smallest absolute Gasteiger partial charge is 0.184 e. The molecule has 0 radical (unpaired) electrons. The van der Waals surface area contributed by atoms with Crippen molar-refractivity contribution in [1.29, 1.82) is 0 Å². The van der Waals surface area contributed by atoms with Crippen molar-refractivity contribution < 1.29 is 0 Å². The maximum Gasteiger partial charge on any atom is 0.184 e. The summed E-state index contributed by atoms with van der Waals surface area (Å²) in [5.41, 5.74) is 9.25. The zero-order chi connectivity index (χ0) is 45.9. The van der Waals surface area contributed by atoms with E-state index in [2.05, 4.69) is 258 Å². The maximum absolute atomic E-state index is 5.35. The molecular formula is C65H41N3SSi. The molecule has 11 aromatic carbocycles. The lowest BCUT2D eigenvalue weighted by atomic mass is 10.0. The van der Waals surface area contributed by atoms with Crippen LogP contribution >= 0.6 is 11.3 Å². The van der Waals surface area contributed by atoms with Crippen molar-refractivity contribution in [2.45, 2.75) is 0 Å². The molecular weight excluding hydrogens is 883 g/mol. The summed E-state index contributed by atoms with van der Waals surface area (Å²) in [6.07, 6.45) is 0. The predicted octanol–water partition coefficient (Wildman–Crippen LogP) is 14.8. The average Bonchev–Trinajstić information content (AvgIpc) is 3.98. The number of aromatic nitrogens is 2. The average molecular weight is 924 g/mol. The number of pyridine rings is 1. The van der Waals surface area contributed by atoms with E-state index in [4.69, 9.17) is 4.98 Å². The van der Waals surface area contributed by atoms with Crippen LogP contribution in [-0.2, 0) is 0 Å². The molecule has 0 fully saturated rings. The topological polar surface area (TPSA) is 21.1 Å². The van der Waals surface area contributed by atoms with Gasteiger partial charge in [0.1, 0.15) is 5.82 Å². The van der Waals surface area contributed by atoms with Gasteiger partial charge in [-0.2, -0.15) is 0 Å². The summed E-state index contributed by atoms with van der Waals surface area (Å²) in [5.74, 6) is 0.911. The van der Waals surface area contributed by atoms with Crippen molar-refractivity contribution >= 4 is 132 Å². The minimum Gasteiger partial charge on any atom is -0.309 e. The highest BCUT2D eigenvalue weighted by atomic mass is 32.1. The summed E-state index contributed by atoms with van der Waals surface area (Å²) in [4.78, 5) is 7.76. The normalized spacial score (nSPS) is 13.2. The van der Waals surface area contributed by atoms with Gasteiger partial charge in [0.05, 0.1) is 16.6 Å². The minimum absolute atomic E-state index is 0.911. The molecule has 70 heavy (non-hydrogen) atoms. The highest BCUT2D eigenvalue weighted by Gasteiger charge is 2.49. The van der Waals surface area contributed by atoms with Crippen molar-refractivity contribution in [3.63, 3.8) is 0 Å². The van der Waals surface area contributed by atoms with Crippen molar-refractivity contribution in [3.05, 3.63) is 249 Å². The second-order valence-corrected chi connectivity index (χ2v) is 23.4. The minimum atomic E-state index is -2.94. The Morgan fingerprint density at radius 3 is 1.91 bits per heavy atom. The molecule has 0 N–H and O–H groups in total. The Morgan fingerprint density at radius 2 is 1.04 bits per heavy atom. The Labute approximate surface area is 409 Å². The van der Waals surface area contributed by atoms with Gasteiger partial charge in [-0.25, -0.2) is 4.98 Å². The van der Waals surface area contributed by atoms with E-state index in [1.54, 1.807) is 0 Å². The van der Waals surface area contributed by atoms with Crippen molar-refractivity contribution in [2.75, 3.05) is 4.90 Å². The van der Waals surface area contributed by atoms with Gasteiger partial charge >= 0.3 is 0 Å². The van der Waals surface area contributed by atoms with Crippen LogP contribution < -0.4 is 25.6 Å². The van der Waals surface area contributed by atoms with E-state index >= 15 is 0 Å². The molecule has 0 bridgehead atoms. The monoisotopic (exact) mass is 923 g/mol. The quantitative estimate of drug-likeness (QED) is 0.127. The SMILES string of the molecule is c1ccc([Si]2(c3ccccc3)c3ccccc3N(c3ccc4ccccc4n3)c3ccc(-c4ccc5c(c4)c4ccccc4n5-c4ccc5cc6ccc7c8ccccc8sc7c6cc5c4)cc32)cc1. The van der Waals surface area contributed by atoms with E-state index in [9.17, 15) is 0 Å². The summed E-state index contributed by atoms with van der Waals surface area (Å²) >= 11 is 1.90. The van der Waals surface area contributed by atoms with Crippen LogP contribution in [-0.4, -0.2) is 17.6 Å². The zero-order valence-electron chi connectivity index (χ0n) is 37.9. The molecule has 1 aliphatic rings. The Hall–Kier alpha value is -8.61. The zero-order valence-corrected chi connectivity index (χ0v) is 39.7. The number of para-hydroxylation sites is 3. The van der Waals surface area contributed by atoms with Gasteiger partial charge in [-0.1, -0.05) is 170 Å². The van der Waals surface area contributed by atoms with Gasteiger partial charge in [-0.05, 0) is 127 Å². The number of fused-ring (bicyclic) bond motifs is 12. The third-order valence-electron chi connectivity index (χ3n) is 15.0. The number of thiophene rings is 1. The van der Waals surface area contributed by atoms with Crippen LogP contribution in [0.15, 0.2) is 249 Å². The molecule has 326 valence electrons. The molecule has 1 aliphatic heterocycles. The molecule has 3 aromatic heterocycles. The molecule has 4 heterocycles. The molecule has 5 heteroatoms. The van der Waals surface area contributed by atoms with Crippen LogP contribution in [0.5, 0.6) is 0 Å². The number of rotatable bonds is 5. The van der Waals surface area contributed by atoms with Gasteiger partial charge in [-0.15, -0.1) is 11.3 Å². The van der Waals surface area contributed by atoms with Gasteiger partial charge in [0.2, 0.25) is 0 Å². The third kappa shape index (κ3) is 5.70. The van der Waals surface area contributed by atoms with E-state index in [1.807, 2.05) is 11.3 Å². The van der Waals surface area contributed by atoms with Crippen molar-refractivity contribution in [1.82, 2.24) is 9.55 Å².